The molecule has 108 valence electrons. The van der Waals surface area contributed by atoms with Crippen molar-refractivity contribution in [2.45, 2.75) is 13.0 Å². The largest absolute Gasteiger partial charge is 0.456 e. The number of furan rings is 1. The second-order valence-corrected chi connectivity index (χ2v) is 5.09. The van der Waals surface area contributed by atoms with Gasteiger partial charge in [0.25, 0.3) is 0 Å². The van der Waals surface area contributed by atoms with Crippen molar-refractivity contribution in [3.63, 3.8) is 0 Å². The minimum Gasteiger partial charge on any atom is -0.456 e. The SMILES string of the molecule is CNC(c1cc(C)cc(F)c1)c1cc2cccc(F)c2o1. The van der Waals surface area contributed by atoms with Gasteiger partial charge < -0.3 is 9.73 Å². The predicted molar refractivity (Wildman–Crippen MR) is 78.2 cm³/mol. The molecule has 0 radical (unpaired) electrons. The number of nitrogens with one attached hydrogen (secondary N) is 1. The van der Waals surface area contributed by atoms with Gasteiger partial charge in [-0.1, -0.05) is 18.2 Å². The van der Waals surface area contributed by atoms with Gasteiger partial charge >= 0.3 is 0 Å². The summed E-state index contributed by atoms with van der Waals surface area (Å²) in [6, 6.07) is 11.0. The predicted octanol–water partition coefficient (Wildman–Crippen LogP) is 4.33. The molecular weight excluding hydrogens is 272 g/mol. The van der Waals surface area contributed by atoms with E-state index in [0.717, 1.165) is 11.1 Å². The fourth-order valence-electron chi connectivity index (χ4n) is 2.59. The summed E-state index contributed by atoms with van der Waals surface area (Å²) in [6.45, 7) is 1.83. The van der Waals surface area contributed by atoms with Crippen molar-refractivity contribution in [3.8, 4) is 0 Å². The van der Waals surface area contributed by atoms with Crippen LogP contribution in [0.1, 0.15) is 22.9 Å². The van der Waals surface area contributed by atoms with E-state index in [-0.39, 0.29) is 17.4 Å². The highest BCUT2D eigenvalue weighted by Crippen LogP contribution is 2.30. The Labute approximate surface area is 121 Å². The standard InChI is InChI=1S/C17H15F2NO/c1-10-6-12(8-13(18)7-10)16(20-2)15-9-11-4-3-5-14(19)17(11)21-15/h3-9,16,20H,1-2H3. The normalized spacial score (nSPS) is 12.8. The van der Waals surface area contributed by atoms with Gasteiger partial charge in [0.1, 0.15) is 11.6 Å². The highest BCUT2D eigenvalue weighted by atomic mass is 19.1. The molecule has 4 heteroatoms. The number of benzene rings is 2. The smallest absolute Gasteiger partial charge is 0.169 e. The molecule has 0 saturated heterocycles. The van der Waals surface area contributed by atoms with Gasteiger partial charge in [0.05, 0.1) is 6.04 Å². The van der Waals surface area contributed by atoms with E-state index in [1.165, 1.54) is 18.2 Å². The first-order chi connectivity index (χ1) is 10.1. The Morgan fingerprint density at radius 1 is 1.10 bits per heavy atom. The first kappa shape index (κ1) is 13.8. The van der Waals surface area contributed by atoms with E-state index in [1.54, 1.807) is 25.2 Å². The minimum absolute atomic E-state index is 0.223. The van der Waals surface area contributed by atoms with Crippen molar-refractivity contribution in [3.05, 3.63) is 71.0 Å². The molecule has 0 aliphatic rings. The van der Waals surface area contributed by atoms with Crippen molar-refractivity contribution >= 4 is 11.0 Å². The zero-order valence-corrected chi connectivity index (χ0v) is 11.8. The van der Waals surface area contributed by atoms with Gasteiger partial charge in [-0.3, -0.25) is 0 Å². The first-order valence-electron chi connectivity index (χ1n) is 6.71. The summed E-state index contributed by atoms with van der Waals surface area (Å²) < 4.78 is 32.9. The highest BCUT2D eigenvalue weighted by molar-refractivity contribution is 5.78. The van der Waals surface area contributed by atoms with Crippen LogP contribution in [-0.2, 0) is 0 Å². The molecule has 21 heavy (non-hydrogen) atoms. The molecule has 2 nitrogen and oxygen atoms in total. The summed E-state index contributed by atoms with van der Waals surface area (Å²) in [5.41, 5.74) is 1.79. The van der Waals surface area contributed by atoms with E-state index >= 15 is 0 Å². The third-order valence-electron chi connectivity index (χ3n) is 3.49. The van der Waals surface area contributed by atoms with Crippen LogP contribution < -0.4 is 5.32 Å². The quantitative estimate of drug-likeness (QED) is 0.775. The molecular formula is C17H15F2NO. The van der Waals surface area contributed by atoms with Crippen LogP contribution in [0, 0.1) is 18.6 Å². The molecule has 0 aliphatic heterocycles. The molecule has 0 bridgehead atoms. The lowest BCUT2D eigenvalue weighted by molar-refractivity contribution is 0.475. The van der Waals surface area contributed by atoms with E-state index in [9.17, 15) is 8.78 Å². The van der Waals surface area contributed by atoms with E-state index in [1.807, 2.05) is 13.0 Å². The van der Waals surface area contributed by atoms with Gasteiger partial charge in [0, 0.05) is 5.39 Å². The molecule has 3 aromatic rings. The van der Waals surface area contributed by atoms with Crippen LogP contribution in [0.3, 0.4) is 0 Å². The van der Waals surface area contributed by atoms with Crippen LogP contribution in [0.25, 0.3) is 11.0 Å². The number of hydrogen-bond acceptors (Lipinski definition) is 2. The molecule has 2 aromatic carbocycles. The lowest BCUT2D eigenvalue weighted by Crippen LogP contribution is -2.17. The number of hydrogen-bond donors (Lipinski definition) is 1. The zero-order chi connectivity index (χ0) is 15.0. The maximum absolute atomic E-state index is 13.7. The van der Waals surface area contributed by atoms with Crippen molar-refractivity contribution in [2.75, 3.05) is 7.05 Å². The van der Waals surface area contributed by atoms with E-state index in [4.69, 9.17) is 4.42 Å². The van der Waals surface area contributed by atoms with E-state index in [0.29, 0.717) is 11.1 Å². The summed E-state index contributed by atoms with van der Waals surface area (Å²) in [5.74, 6) is -0.140. The molecule has 0 amide bonds. The van der Waals surface area contributed by atoms with Gasteiger partial charge in [-0.15, -0.1) is 0 Å². The molecule has 1 aromatic heterocycles. The Kier molecular flexibility index (Phi) is 3.47. The Morgan fingerprint density at radius 3 is 2.57 bits per heavy atom. The Bertz CT molecular complexity index is 774. The fourth-order valence-corrected chi connectivity index (χ4v) is 2.59. The monoisotopic (exact) mass is 287 g/mol. The third-order valence-corrected chi connectivity index (χ3v) is 3.49. The Morgan fingerprint density at radius 2 is 1.90 bits per heavy atom. The second kappa shape index (κ2) is 5.30. The maximum atomic E-state index is 13.7. The van der Waals surface area contributed by atoms with Crippen molar-refractivity contribution in [1.82, 2.24) is 5.32 Å². The molecule has 3 rings (SSSR count). The lowest BCUT2D eigenvalue weighted by Gasteiger charge is -2.14. The van der Waals surface area contributed by atoms with Crippen molar-refractivity contribution < 1.29 is 13.2 Å². The highest BCUT2D eigenvalue weighted by Gasteiger charge is 2.19. The Hall–Kier alpha value is -2.20. The van der Waals surface area contributed by atoms with Crippen LogP contribution in [0.5, 0.6) is 0 Å². The molecule has 1 N–H and O–H groups in total. The summed E-state index contributed by atoms with van der Waals surface area (Å²) >= 11 is 0. The molecule has 1 heterocycles. The topological polar surface area (TPSA) is 25.2 Å². The van der Waals surface area contributed by atoms with Crippen LogP contribution in [0.4, 0.5) is 8.78 Å². The lowest BCUT2D eigenvalue weighted by atomic mass is 10.0. The maximum Gasteiger partial charge on any atom is 0.169 e. The average molecular weight is 287 g/mol. The van der Waals surface area contributed by atoms with Gasteiger partial charge in [-0.25, -0.2) is 8.78 Å². The zero-order valence-electron chi connectivity index (χ0n) is 11.8. The van der Waals surface area contributed by atoms with Crippen molar-refractivity contribution in [2.24, 2.45) is 0 Å². The number of halogens is 2. The molecule has 0 spiro atoms. The minimum atomic E-state index is -0.399. The number of para-hydroxylation sites is 1. The van der Waals surface area contributed by atoms with Gasteiger partial charge in [-0.05, 0) is 49.4 Å². The Balaban J connectivity index is 2.11. The van der Waals surface area contributed by atoms with Crippen LogP contribution in [0.2, 0.25) is 0 Å². The average Bonchev–Trinajstić information content (AvgIpc) is 2.83. The summed E-state index contributed by atoms with van der Waals surface area (Å²) in [4.78, 5) is 0. The number of fused-ring (bicyclic) bond motifs is 1. The molecule has 0 aliphatic carbocycles. The second-order valence-electron chi connectivity index (χ2n) is 5.09. The third kappa shape index (κ3) is 2.54. The summed E-state index contributed by atoms with van der Waals surface area (Å²) in [5, 5.41) is 3.78. The van der Waals surface area contributed by atoms with Crippen molar-refractivity contribution in [1.29, 1.82) is 0 Å². The molecule has 1 atom stereocenters. The summed E-state index contributed by atoms with van der Waals surface area (Å²) in [6.07, 6.45) is 0. The summed E-state index contributed by atoms with van der Waals surface area (Å²) in [7, 11) is 1.76. The first-order valence-corrected chi connectivity index (χ1v) is 6.71. The van der Waals surface area contributed by atoms with E-state index in [2.05, 4.69) is 5.32 Å². The van der Waals surface area contributed by atoms with Gasteiger partial charge in [-0.2, -0.15) is 0 Å². The van der Waals surface area contributed by atoms with Crippen LogP contribution >= 0.6 is 0 Å². The fraction of sp³-hybridized carbons (Fsp3) is 0.176. The van der Waals surface area contributed by atoms with Gasteiger partial charge in [0.15, 0.2) is 11.4 Å². The molecule has 1 unspecified atom stereocenters. The molecule has 0 saturated carbocycles. The van der Waals surface area contributed by atoms with E-state index < -0.39 is 5.82 Å². The molecule has 0 fully saturated rings. The van der Waals surface area contributed by atoms with Crippen LogP contribution in [0.15, 0.2) is 46.9 Å². The van der Waals surface area contributed by atoms with Gasteiger partial charge in [0.2, 0.25) is 0 Å². The van der Waals surface area contributed by atoms with Crippen LogP contribution in [-0.4, -0.2) is 7.05 Å². The number of aryl methyl sites for hydroxylation is 1. The number of rotatable bonds is 3.